The Morgan fingerprint density at radius 1 is 1.22 bits per heavy atom. The molecule has 0 spiro atoms. The van der Waals surface area contributed by atoms with Crippen molar-refractivity contribution >= 4 is 60.8 Å². The summed E-state index contributed by atoms with van der Waals surface area (Å²) < 4.78 is 82.3. The van der Waals surface area contributed by atoms with Crippen molar-refractivity contribution in [2.24, 2.45) is 0 Å². The lowest BCUT2D eigenvalue weighted by Crippen LogP contribution is -2.49. The fourth-order valence-electron chi connectivity index (χ4n) is 5.97. The van der Waals surface area contributed by atoms with Gasteiger partial charge < -0.3 is 20.3 Å². The van der Waals surface area contributed by atoms with E-state index in [9.17, 15) is 19.2 Å². The van der Waals surface area contributed by atoms with E-state index in [1.165, 1.54) is 16.6 Å². The molecular formula is C29H23F5N6O3S2. The Kier molecular flexibility index (Phi) is 7.74. The number of rotatable bonds is 5. The zero-order chi connectivity index (χ0) is 32.4. The molecule has 1 atom stereocenters. The van der Waals surface area contributed by atoms with Crippen LogP contribution in [-0.4, -0.2) is 66.0 Å². The Hall–Kier alpha value is -4.20. The Balaban J connectivity index is 1.73. The maximum Gasteiger partial charge on any atom is 0.417 e. The van der Waals surface area contributed by atoms with Gasteiger partial charge in [-0.25, -0.2) is 13.6 Å². The molecule has 45 heavy (non-hydrogen) atoms. The highest BCUT2D eigenvalue weighted by molar-refractivity contribution is 7.99. The number of carbonyl (C=O) groups excluding carboxylic acids is 1. The molecule has 2 aromatic carbocycles. The van der Waals surface area contributed by atoms with Gasteiger partial charge in [0.15, 0.2) is 0 Å². The van der Waals surface area contributed by atoms with Gasteiger partial charge in [0.05, 0.1) is 34.0 Å². The fraction of sp³-hybridized carbons (Fsp3) is 0.310. The lowest BCUT2D eigenvalue weighted by atomic mass is 9.92. The second kappa shape index (κ2) is 11.3. The summed E-state index contributed by atoms with van der Waals surface area (Å²) in [7, 11) is 1.42. The van der Waals surface area contributed by atoms with E-state index in [0.29, 0.717) is 17.4 Å². The number of nitrogens with two attached hydrogens (primary N) is 1. The van der Waals surface area contributed by atoms with Gasteiger partial charge in [-0.05, 0) is 12.1 Å². The molecule has 234 valence electrons. The first kappa shape index (κ1) is 30.8. The number of alkyl halides is 3. The number of nitrogen functional groups attached to an aromatic ring is 1. The average Bonchev–Trinajstić information content (AvgIpc) is 3.34. The van der Waals surface area contributed by atoms with Gasteiger partial charge in [0.1, 0.15) is 28.5 Å². The van der Waals surface area contributed by atoms with Gasteiger partial charge in [-0.1, -0.05) is 6.58 Å². The number of methoxy groups -OCH3 is 1. The molecule has 2 N–H and O–H groups in total. The van der Waals surface area contributed by atoms with Gasteiger partial charge in [-0.2, -0.15) is 23.4 Å². The number of carbonyl (C=O) groups is 1. The van der Waals surface area contributed by atoms with Crippen molar-refractivity contribution in [2.45, 2.75) is 17.1 Å². The number of halogens is 5. The third-order valence-electron chi connectivity index (χ3n) is 7.92. The van der Waals surface area contributed by atoms with Crippen LogP contribution in [0.5, 0.6) is 0 Å². The molecule has 6 rings (SSSR count). The molecule has 1 unspecified atom stereocenters. The molecule has 0 aliphatic carbocycles. The normalized spacial score (nSPS) is 16.8. The summed E-state index contributed by atoms with van der Waals surface area (Å²) in [6.07, 6.45) is -3.89. The highest BCUT2D eigenvalue weighted by Crippen LogP contribution is 2.53. The van der Waals surface area contributed by atoms with Crippen molar-refractivity contribution in [1.29, 1.82) is 5.26 Å². The zero-order valence-corrected chi connectivity index (χ0v) is 25.1. The largest absolute Gasteiger partial charge is 0.417 e. The fourth-order valence-corrected chi connectivity index (χ4v) is 8.20. The van der Waals surface area contributed by atoms with Crippen molar-refractivity contribution in [3.8, 4) is 17.2 Å². The van der Waals surface area contributed by atoms with Crippen molar-refractivity contribution in [2.75, 3.05) is 56.3 Å². The molecule has 2 aromatic heterocycles. The Bertz CT molecular complexity index is 2010. The first-order valence-electron chi connectivity index (χ1n) is 13.5. The highest BCUT2D eigenvalue weighted by atomic mass is 32.2. The van der Waals surface area contributed by atoms with Crippen LogP contribution >= 0.6 is 23.1 Å². The Morgan fingerprint density at radius 3 is 2.56 bits per heavy atom. The third-order valence-corrected chi connectivity index (χ3v) is 10.2. The number of hydrogen-bond acceptors (Lipinski definition) is 9. The van der Waals surface area contributed by atoms with Gasteiger partial charge in [0.2, 0.25) is 5.91 Å². The van der Waals surface area contributed by atoms with Crippen LogP contribution < -0.4 is 16.3 Å². The molecule has 1 fully saturated rings. The minimum atomic E-state index is -5.06. The topological polar surface area (TPSA) is 117 Å². The van der Waals surface area contributed by atoms with Crippen LogP contribution in [0.4, 0.5) is 32.8 Å². The molecule has 2 aliphatic heterocycles. The zero-order valence-electron chi connectivity index (χ0n) is 23.5. The highest BCUT2D eigenvalue weighted by Gasteiger charge is 2.41. The lowest BCUT2D eigenvalue weighted by Gasteiger charge is -2.37. The summed E-state index contributed by atoms with van der Waals surface area (Å²) in [6.45, 7) is 4.29. The molecular weight excluding hydrogens is 639 g/mol. The number of nitrogens with zero attached hydrogens (tertiary/aromatic N) is 5. The number of fused-ring (bicyclic) bond motifs is 1. The molecule has 0 radical (unpaired) electrons. The number of thiophene rings is 1. The summed E-state index contributed by atoms with van der Waals surface area (Å²) in [4.78, 5) is 33.1. The van der Waals surface area contributed by atoms with Crippen LogP contribution in [0, 0.1) is 23.0 Å². The van der Waals surface area contributed by atoms with Crippen molar-refractivity contribution in [3.63, 3.8) is 0 Å². The minimum Gasteiger partial charge on any atom is -0.389 e. The summed E-state index contributed by atoms with van der Waals surface area (Å²) >= 11 is 1.61. The van der Waals surface area contributed by atoms with E-state index in [-0.39, 0.29) is 86.7 Å². The van der Waals surface area contributed by atoms with Crippen LogP contribution in [0.1, 0.15) is 17.2 Å². The van der Waals surface area contributed by atoms with Crippen LogP contribution in [-0.2, 0) is 15.7 Å². The molecule has 4 aromatic rings. The average molecular weight is 663 g/mol. The standard InChI is InChI=1S/C29H23F5N6O3S2/c1-3-19(41)38-4-6-39(7-5-38)27-14-8-16(29(32,33)34)21(25-23(14)40(28(42)37-27)13(11-43-2)12-44-25)22-17(30)9-18(31)24-20(22)15(10-35)26(36)45-24/h3,8-9,13H,1,4-7,11-12,36H2,2H3. The number of piperazine rings is 1. The van der Waals surface area contributed by atoms with Crippen molar-refractivity contribution in [1.82, 2.24) is 14.5 Å². The Labute approximate surface area is 260 Å². The van der Waals surface area contributed by atoms with Crippen molar-refractivity contribution < 1.29 is 31.5 Å². The van der Waals surface area contributed by atoms with E-state index in [1.54, 1.807) is 11.0 Å². The molecule has 0 bridgehead atoms. The summed E-state index contributed by atoms with van der Waals surface area (Å²) in [5.74, 6) is -2.63. The summed E-state index contributed by atoms with van der Waals surface area (Å²) in [5, 5.41) is 9.26. The predicted octanol–water partition coefficient (Wildman–Crippen LogP) is 5.16. The Morgan fingerprint density at radius 2 is 1.93 bits per heavy atom. The van der Waals surface area contributed by atoms with Crippen LogP contribution in [0.15, 0.2) is 34.5 Å². The number of nitriles is 1. The molecule has 4 heterocycles. The number of anilines is 2. The second-order valence-electron chi connectivity index (χ2n) is 10.4. The first-order chi connectivity index (χ1) is 21.4. The van der Waals surface area contributed by atoms with Crippen LogP contribution in [0.25, 0.3) is 32.1 Å². The monoisotopic (exact) mass is 662 g/mol. The minimum absolute atomic E-state index is 0.0124. The molecule has 1 saturated heterocycles. The number of ether oxygens (including phenoxy) is 1. The second-order valence-corrected chi connectivity index (χ2v) is 12.5. The first-order valence-corrected chi connectivity index (χ1v) is 15.3. The third kappa shape index (κ3) is 4.89. The van der Waals surface area contributed by atoms with Gasteiger partial charge in [0.25, 0.3) is 0 Å². The van der Waals surface area contributed by atoms with Gasteiger partial charge in [0, 0.05) is 71.9 Å². The molecule has 16 heteroatoms. The molecule has 2 aliphatic rings. The number of hydrogen-bond donors (Lipinski definition) is 1. The number of aromatic nitrogens is 2. The van der Waals surface area contributed by atoms with E-state index in [2.05, 4.69) is 11.6 Å². The smallest absolute Gasteiger partial charge is 0.389 e. The maximum atomic E-state index is 15.9. The molecule has 9 nitrogen and oxygen atoms in total. The number of benzene rings is 2. The molecule has 0 saturated carbocycles. The number of amides is 1. The predicted molar refractivity (Wildman–Crippen MR) is 161 cm³/mol. The van der Waals surface area contributed by atoms with E-state index >= 15 is 17.6 Å². The van der Waals surface area contributed by atoms with Crippen molar-refractivity contribution in [3.05, 3.63) is 58.0 Å². The maximum absolute atomic E-state index is 15.9. The quantitative estimate of drug-likeness (QED) is 0.230. The lowest BCUT2D eigenvalue weighted by molar-refractivity contribution is -0.137. The van der Waals surface area contributed by atoms with Crippen LogP contribution in [0.3, 0.4) is 0 Å². The SMILES string of the molecule is C=CC(=O)N1CCN(c2nc(=O)n3c4c(c(-c5c(F)cc(F)c6sc(N)c(C#N)c56)c(C(F)(F)F)cc24)SCC3COC)CC1. The molecule has 1 amide bonds. The van der Waals surface area contributed by atoms with Gasteiger partial charge >= 0.3 is 11.9 Å². The number of thioether (sulfide) groups is 1. The van der Waals surface area contributed by atoms with E-state index < -0.39 is 46.2 Å². The van der Waals surface area contributed by atoms with Gasteiger partial charge in [-0.3, -0.25) is 9.36 Å². The summed E-state index contributed by atoms with van der Waals surface area (Å²) in [6, 6.07) is 2.45. The van der Waals surface area contributed by atoms with Crippen LogP contribution in [0.2, 0.25) is 0 Å². The van der Waals surface area contributed by atoms with E-state index in [1.807, 2.05) is 0 Å². The summed E-state index contributed by atoms with van der Waals surface area (Å²) in [5.41, 5.74) is 2.41. The van der Waals surface area contributed by atoms with E-state index in [4.69, 9.17) is 10.5 Å². The van der Waals surface area contributed by atoms with Gasteiger partial charge in [-0.15, -0.1) is 23.1 Å². The van der Waals surface area contributed by atoms with E-state index in [0.717, 1.165) is 23.9 Å².